The molecule has 5 rings (SSSR count). The van der Waals surface area contributed by atoms with Gasteiger partial charge < -0.3 is 25.8 Å². The van der Waals surface area contributed by atoms with Crippen LogP contribution in [0, 0.1) is 5.82 Å². The molecule has 2 aromatic heterocycles. The zero-order chi connectivity index (χ0) is 27.7. The number of fused-ring (bicyclic) bond motifs is 2. The van der Waals surface area contributed by atoms with E-state index in [1.165, 1.54) is 24.3 Å². The van der Waals surface area contributed by atoms with Crippen LogP contribution >= 0.6 is 11.6 Å². The molecular formula is C25H18ClFN6O6. The zero-order valence-electron chi connectivity index (χ0n) is 19.8. The summed E-state index contributed by atoms with van der Waals surface area (Å²) in [5, 5.41) is 20.9. The van der Waals surface area contributed by atoms with Crippen molar-refractivity contribution in [3.8, 4) is 5.75 Å². The number of carbonyl (C=O) groups is 4. The van der Waals surface area contributed by atoms with Gasteiger partial charge in [0.2, 0.25) is 0 Å². The van der Waals surface area contributed by atoms with E-state index in [1.807, 2.05) is 0 Å². The van der Waals surface area contributed by atoms with Gasteiger partial charge in [0.15, 0.2) is 18.1 Å². The van der Waals surface area contributed by atoms with E-state index in [0.29, 0.717) is 22.6 Å². The third-order valence-electron chi connectivity index (χ3n) is 5.74. The van der Waals surface area contributed by atoms with Crippen LogP contribution in [0.3, 0.4) is 0 Å². The fourth-order valence-electron chi connectivity index (χ4n) is 3.84. The Morgan fingerprint density at radius 2 is 1.79 bits per heavy atom. The van der Waals surface area contributed by atoms with E-state index in [9.17, 15) is 23.6 Å². The summed E-state index contributed by atoms with van der Waals surface area (Å²) >= 11 is 5.98. The molecule has 4 N–H and O–H groups in total. The van der Waals surface area contributed by atoms with Gasteiger partial charge in [0.05, 0.1) is 22.5 Å². The van der Waals surface area contributed by atoms with Crippen molar-refractivity contribution in [2.24, 2.45) is 0 Å². The smallest absolute Gasteiger partial charge is 0.337 e. The first kappa shape index (κ1) is 25.6. The number of aromatic nitrogens is 3. The van der Waals surface area contributed by atoms with Crippen molar-refractivity contribution in [2.75, 3.05) is 11.9 Å². The first-order valence-electron chi connectivity index (χ1n) is 11.4. The minimum absolute atomic E-state index is 0.00230. The fraction of sp³-hybridized carbons (Fsp3) is 0.120. The van der Waals surface area contributed by atoms with Crippen LogP contribution in [0.5, 0.6) is 5.75 Å². The molecule has 0 fully saturated rings. The molecule has 39 heavy (non-hydrogen) atoms. The first-order valence-corrected chi connectivity index (χ1v) is 11.8. The zero-order valence-corrected chi connectivity index (χ0v) is 20.6. The van der Waals surface area contributed by atoms with Crippen molar-refractivity contribution in [3.05, 3.63) is 87.6 Å². The number of ether oxygens (including phenoxy) is 1. The summed E-state index contributed by atoms with van der Waals surface area (Å²) in [6.45, 7) is -0.0691. The van der Waals surface area contributed by atoms with E-state index in [4.69, 9.17) is 21.4 Å². The van der Waals surface area contributed by atoms with Gasteiger partial charge in [0.1, 0.15) is 17.1 Å². The summed E-state index contributed by atoms with van der Waals surface area (Å²) in [5.41, 5.74) is 0.840. The highest BCUT2D eigenvalue weighted by Gasteiger charge is 2.21. The normalized spacial score (nSPS) is 12.3. The lowest BCUT2D eigenvalue weighted by molar-refractivity contribution is -0.118. The van der Waals surface area contributed by atoms with Crippen molar-refractivity contribution in [2.45, 2.75) is 13.1 Å². The van der Waals surface area contributed by atoms with Gasteiger partial charge in [0, 0.05) is 19.2 Å². The number of benzene rings is 2. The molecule has 0 aliphatic carbocycles. The third-order valence-corrected chi connectivity index (χ3v) is 6.05. The molecule has 0 radical (unpaired) electrons. The molecule has 0 atom stereocenters. The Kier molecular flexibility index (Phi) is 6.81. The molecule has 0 saturated carbocycles. The Balaban J connectivity index is 1.33. The van der Waals surface area contributed by atoms with Gasteiger partial charge in [-0.2, -0.15) is 5.10 Å². The second-order valence-corrected chi connectivity index (χ2v) is 8.81. The maximum absolute atomic E-state index is 14.4. The number of aromatic carboxylic acids is 1. The number of nitrogens with zero attached hydrogens (tertiary/aromatic N) is 3. The van der Waals surface area contributed by atoms with Gasteiger partial charge >= 0.3 is 5.97 Å². The molecule has 0 bridgehead atoms. The predicted octanol–water partition coefficient (Wildman–Crippen LogP) is 2.41. The Morgan fingerprint density at radius 1 is 1.08 bits per heavy atom. The molecule has 1 aliphatic rings. The molecule has 2 aromatic carbocycles. The van der Waals surface area contributed by atoms with E-state index in [-0.39, 0.29) is 53.2 Å². The summed E-state index contributed by atoms with van der Waals surface area (Å²) < 4.78 is 20.6. The number of hydrogen-bond acceptors (Lipinski definition) is 7. The van der Waals surface area contributed by atoms with Gasteiger partial charge in [-0.1, -0.05) is 23.7 Å². The minimum Gasteiger partial charge on any atom is -0.482 e. The molecule has 4 aromatic rings. The van der Waals surface area contributed by atoms with E-state index in [0.717, 1.165) is 10.7 Å². The van der Waals surface area contributed by atoms with E-state index in [2.05, 4.69) is 26.0 Å². The van der Waals surface area contributed by atoms with Crippen LogP contribution in [0.25, 0.3) is 5.65 Å². The number of amides is 3. The van der Waals surface area contributed by atoms with Crippen LogP contribution in [0.2, 0.25) is 5.02 Å². The topological polar surface area (TPSA) is 164 Å². The maximum atomic E-state index is 14.4. The van der Waals surface area contributed by atoms with Crippen molar-refractivity contribution in [1.82, 2.24) is 25.2 Å². The molecule has 3 amide bonds. The van der Waals surface area contributed by atoms with Gasteiger partial charge in [-0.25, -0.2) is 18.7 Å². The first-order chi connectivity index (χ1) is 18.7. The van der Waals surface area contributed by atoms with Gasteiger partial charge in [-0.3, -0.25) is 14.4 Å². The summed E-state index contributed by atoms with van der Waals surface area (Å²) in [5.74, 6) is -3.18. The molecule has 14 heteroatoms. The molecular weight excluding hydrogens is 535 g/mol. The minimum atomic E-state index is -1.19. The number of halogens is 2. The summed E-state index contributed by atoms with van der Waals surface area (Å²) in [7, 11) is 0. The largest absolute Gasteiger partial charge is 0.482 e. The molecule has 0 saturated heterocycles. The van der Waals surface area contributed by atoms with E-state index >= 15 is 0 Å². The Bertz CT molecular complexity index is 1670. The molecule has 1 aliphatic heterocycles. The van der Waals surface area contributed by atoms with Crippen molar-refractivity contribution in [1.29, 1.82) is 0 Å². The van der Waals surface area contributed by atoms with Crippen molar-refractivity contribution < 1.29 is 33.4 Å². The second-order valence-electron chi connectivity index (χ2n) is 8.41. The Hall–Kier alpha value is -5.04. The van der Waals surface area contributed by atoms with Gasteiger partial charge in [-0.15, -0.1) is 0 Å². The number of carboxylic acids is 1. The lowest BCUT2D eigenvalue weighted by atomic mass is 10.1. The highest BCUT2D eigenvalue weighted by atomic mass is 35.5. The summed E-state index contributed by atoms with van der Waals surface area (Å²) in [6, 6.07) is 10.4. The number of hydrogen-bond donors (Lipinski definition) is 4. The van der Waals surface area contributed by atoms with E-state index in [1.54, 1.807) is 18.2 Å². The number of carboxylic acid groups (broad SMARTS) is 1. The Labute approximate surface area is 223 Å². The third kappa shape index (κ3) is 5.33. The quantitative estimate of drug-likeness (QED) is 0.271. The van der Waals surface area contributed by atoms with Crippen molar-refractivity contribution >= 4 is 46.6 Å². The van der Waals surface area contributed by atoms with Crippen LogP contribution in [0.1, 0.15) is 42.5 Å². The lowest BCUT2D eigenvalue weighted by Crippen LogP contribution is -2.29. The molecule has 0 unspecified atom stereocenters. The predicted molar refractivity (Wildman–Crippen MR) is 134 cm³/mol. The van der Waals surface area contributed by atoms with Gasteiger partial charge in [0.25, 0.3) is 17.7 Å². The monoisotopic (exact) mass is 552 g/mol. The lowest BCUT2D eigenvalue weighted by Gasteiger charge is -2.18. The molecule has 198 valence electrons. The van der Waals surface area contributed by atoms with Crippen LogP contribution in [0.15, 0.2) is 48.7 Å². The number of carbonyl (C=O) groups excluding carboxylic acids is 3. The molecule has 0 spiro atoms. The molecule has 12 nitrogen and oxygen atoms in total. The standard InChI is InChI=1S/C25H18ClFN6O6/c26-15-5-12(1-3-14(15)25(37)38)8-29-24(36)19-7-18(32-22-16(27)10-30-33(19)22)23(35)28-9-13-2-4-20-17(6-13)31-21(34)11-39-20/h1-7,10H,8-9,11H2,(H,28,35)(H,29,36)(H,31,34)(H,37,38). The average Bonchev–Trinajstić information content (AvgIpc) is 3.29. The number of nitrogens with one attached hydrogen (secondary N) is 3. The van der Waals surface area contributed by atoms with Gasteiger partial charge in [-0.05, 0) is 35.4 Å². The van der Waals surface area contributed by atoms with Crippen LogP contribution in [-0.2, 0) is 17.9 Å². The second kappa shape index (κ2) is 10.4. The summed E-state index contributed by atoms with van der Waals surface area (Å²) in [4.78, 5) is 52.6. The average molecular weight is 553 g/mol. The molecule has 3 heterocycles. The van der Waals surface area contributed by atoms with Crippen LogP contribution in [-0.4, -0.2) is 50.0 Å². The number of rotatable bonds is 7. The Morgan fingerprint density at radius 3 is 2.54 bits per heavy atom. The SMILES string of the molecule is O=C1COc2ccc(CNC(=O)c3cc(C(=O)NCc4ccc(C(=O)O)c(Cl)c4)n4ncc(F)c4n3)cc2N1. The maximum Gasteiger partial charge on any atom is 0.337 e. The number of anilines is 1. The van der Waals surface area contributed by atoms with Crippen molar-refractivity contribution in [3.63, 3.8) is 0 Å². The fourth-order valence-corrected chi connectivity index (χ4v) is 4.13. The van der Waals surface area contributed by atoms with Crippen LogP contribution in [0.4, 0.5) is 10.1 Å². The highest BCUT2D eigenvalue weighted by Crippen LogP contribution is 2.28. The highest BCUT2D eigenvalue weighted by molar-refractivity contribution is 6.33. The van der Waals surface area contributed by atoms with Crippen LogP contribution < -0.4 is 20.7 Å². The summed E-state index contributed by atoms with van der Waals surface area (Å²) in [6.07, 6.45) is 0.870. The van der Waals surface area contributed by atoms with E-state index < -0.39 is 23.6 Å².